The van der Waals surface area contributed by atoms with Gasteiger partial charge in [-0.15, -0.1) is 5.10 Å². The number of nitrogens with zero attached hydrogens (tertiary/aromatic N) is 4. The van der Waals surface area contributed by atoms with E-state index >= 15 is 0 Å². The molecular formula is C20H21N7O5. The fraction of sp³-hybridized carbons (Fsp3) is 0.150. The van der Waals surface area contributed by atoms with Crippen molar-refractivity contribution < 1.29 is 24.2 Å². The number of primary amides is 1. The van der Waals surface area contributed by atoms with Gasteiger partial charge in [-0.2, -0.15) is 0 Å². The number of carboxylic acids is 1. The molecule has 4 aromatic rings. The molecule has 0 saturated heterocycles. The number of amides is 1. The first-order chi connectivity index (χ1) is 15.4. The van der Waals surface area contributed by atoms with E-state index in [1.165, 1.54) is 12.3 Å². The minimum Gasteiger partial charge on any atom is -0.505 e. The highest BCUT2D eigenvalue weighted by Crippen LogP contribution is 2.23. The molecule has 0 unspecified atom stereocenters. The third-order valence-corrected chi connectivity index (χ3v) is 4.24. The molecule has 4 rings (SSSR count). The lowest BCUT2D eigenvalue weighted by Gasteiger charge is -2.06. The van der Waals surface area contributed by atoms with Crippen LogP contribution in [0.3, 0.4) is 0 Å². The van der Waals surface area contributed by atoms with Crippen LogP contribution in [0.25, 0.3) is 22.2 Å². The number of benzene rings is 1. The predicted molar refractivity (Wildman–Crippen MR) is 115 cm³/mol. The molecule has 166 valence electrons. The summed E-state index contributed by atoms with van der Waals surface area (Å²) < 4.78 is 7.06. The number of hydrogen-bond acceptors (Lipinski definition) is 9. The molecule has 0 fully saturated rings. The van der Waals surface area contributed by atoms with Crippen LogP contribution in [-0.4, -0.2) is 55.2 Å². The molecule has 1 aromatic carbocycles. The summed E-state index contributed by atoms with van der Waals surface area (Å²) in [6.07, 6.45) is 4.82. The largest absolute Gasteiger partial charge is 0.505 e. The summed E-state index contributed by atoms with van der Waals surface area (Å²) in [6, 6.07) is 9.22. The van der Waals surface area contributed by atoms with E-state index in [-0.39, 0.29) is 18.0 Å². The molecule has 3 aromatic heterocycles. The Balaban J connectivity index is 0.000000523. The van der Waals surface area contributed by atoms with Gasteiger partial charge < -0.3 is 31.4 Å². The van der Waals surface area contributed by atoms with Crippen LogP contribution in [0.5, 0.6) is 5.75 Å². The summed E-state index contributed by atoms with van der Waals surface area (Å²) in [5.41, 5.74) is 12.4. The summed E-state index contributed by atoms with van der Waals surface area (Å²) in [4.78, 5) is 24.2. The van der Waals surface area contributed by atoms with Crippen LogP contribution in [0.1, 0.15) is 10.5 Å². The van der Waals surface area contributed by atoms with Gasteiger partial charge in [-0.1, -0.05) is 5.21 Å². The molecule has 0 spiro atoms. The SMILES string of the molecule is NC(=O)c1ncc(-c2cn(CCNc3ccc4ccoc4c3)nn2)cc1O.NCC(=O)O. The Morgan fingerprint density at radius 2 is 2.00 bits per heavy atom. The fourth-order valence-electron chi connectivity index (χ4n) is 2.70. The number of anilines is 1. The first-order valence-corrected chi connectivity index (χ1v) is 9.39. The predicted octanol–water partition coefficient (Wildman–Crippen LogP) is 1.03. The summed E-state index contributed by atoms with van der Waals surface area (Å²) >= 11 is 0. The zero-order valence-electron chi connectivity index (χ0n) is 16.8. The van der Waals surface area contributed by atoms with E-state index < -0.39 is 11.9 Å². The number of rotatable bonds is 7. The summed E-state index contributed by atoms with van der Waals surface area (Å²) in [7, 11) is 0. The van der Waals surface area contributed by atoms with Gasteiger partial charge in [-0.25, -0.2) is 4.98 Å². The Morgan fingerprint density at radius 3 is 2.69 bits per heavy atom. The van der Waals surface area contributed by atoms with Crippen molar-refractivity contribution in [2.45, 2.75) is 6.54 Å². The third-order valence-electron chi connectivity index (χ3n) is 4.24. The Bertz CT molecular complexity index is 1230. The van der Waals surface area contributed by atoms with Crippen molar-refractivity contribution in [1.82, 2.24) is 20.0 Å². The Labute approximate surface area is 181 Å². The van der Waals surface area contributed by atoms with E-state index in [9.17, 15) is 14.7 Å². The van der Waals surface area contributed by atoms with Crippen LogP contribution in [0, 0.1) is 0 Å². The lowest BCUT2D eigenvalue weighted by Crippen LogP contribution is -2.13. The molecule has 7 N–H and O–H groups in total. The van der Waals surface area contributed by atoms with Crippen LogP contribution in [-0.2, 0) is 11.3 Å². The van der Waals surface area contributed by atoms with Crippen LogP contribution in [0.15, 0.2) is 53.4 Å². The number of aromatic nitrogens is 4. The van der Waals surface area contributed by atoms with Crippen LogP contribution < -0.4 is 16.8 Å². The lowest BCUT2D eigenvalue weighted by atomic mass is 10.2. The van der Waals surface area contributed by atoms with E-state index in [0.29, 0.717) is 24.3 Å². The maximum atomic E-state index is 11.1. The lowest BCUT2D eigenvalue weighted by molar-refractivity contribution is -0.135. The highest BCUT2D eigenvalue weighted by Gasteiger charge is 2.12. The van der Waals surface area contributed by atoms with Gasteiger partial charge in [0.05, 0.1) is 25.5 Å². The molecule has 12 heteroatoms. The quantitative estimate of drug-likeness (QED) is 0.277. The van der Waals surface area contributed by atoms with Crippen molar-refractivity contribution >= 4 is 28.5 Å². The van der Waals surface area contributed by atoms with Crippen molar-refractivity contribution in [2.75, 3.05) is 18.4 Å². The van der Waals surface area contributed by atoms with Crippen LogP contribution in [0.4, 0.5) is 5.69 Å². The van der Waals surface area contributed by atoms with Crippen molar-refractivity contribution in [2.24, 2.45) is 11.5 Å². The maximum Gasteiger partial charge on any atom is 0.317 e. The Morgan fingerprint density at radius 1 is 1.22 bits per heavy atom. The highest BCUT2D eigenvalue weighted by atomic mass is 16.4. The third kappa shape index (κ3) is 5.58. The van der Waals surface area contributed by atoms with Gasteiger partial charge in [0, 0.05) is 35.4 Å². The molecule has 32 heavy (non-hydrogen) atoms. The van der Waals surface area contributed by atoms with Crippen molar-refractivity contribution in [1.29, 1.82) is 0 Å². The maximum absolute atomic E-state index is 11.1. The zero-order chi connectivity index (χ0) is 23.1. The smallest absolute Gasteiger partial charge is 0.317 e. The van der Waals surface area contributed by atoms with E-state index in [0.717, 1.165) is 16.7 Å². The first kappa shape index (κ1) is 22.2. The first-order valence-electron chi connectivity index (χ1n) is 9.39. The number of aliphatic carboxylic acids is 1. The number of furan rings is 1. The minimum atomic E-state index is -0.968. The van der Waals surface area contributed by atoms with Crippen molar-refractivity contribution in [3.05, 3.63) is 54.7 Å². The molecule has 0 aliphatic heterocycles. The average molecular weight is 439 g/mol. The van der Waals surface area contributed by atoms with E-state index in [1.54, 1.807) is 17.1 Å². The van der Waals surface area contributed by atoms with Gasteiger partial charge in [0.15, 0.2) is 5.69 Å². The molecule has 0 saturated carbocycles. The number of carboxylic acid groups (broad SMARTS) is 1. The number of fused-ring (bicyclic) bond motifs is 1. The number of pyridine rings is 1. The standard InChI is InChI=1S/C18H16N6O3.C2H5NO2/c19-18(26)17-15(25)7-12(9-21-17)14-10-24(23-22-14)5-4-20-13-2-1-11-3-6-27-16(11)8-13;3-1-2(4)5/h1-3,6-10,20,25H,4-5H2,(H2,19,26);1,3H2,(H,4,5). The Kier molecular flexibility index (Phi) is 6.98. The van der Waals surface area contributed by atoms with Gasteiger partial charge >= 0.3 is 5.97 Å². The number of nitrogens with two attached hydrogens (primary N) is 2. The summed E-state index contributed by atoms with van der Waals surface area (Å²) in [6.45, 7) is 0.946. The zero-order valence-corrected chi connectivity index (χ0v) is 16.8. The van der Waals surface area contributed by atoms with E-state index in [2.05, 4.69) is 26.3 Å². The normalized spacial score (nSPS) is 10.4. The second-order valence-electron chi connectivity index (χ2n) is 6.52. The minimum absolute atomic E-state index is 0.177. The van der Waals surface area contributed by atoms with Gasteiger partial charge in [0.25, 0.3) is 5.91 Å². The molecule has 0 aliphatic rings. The molecule has 12 nitrogen and oxygen atoms in total. The molecule has 0 bridgehead atoms. The number of nitrogens with one attached hydrogen (secondary N) is 1. The highest BCUT2D eigenvalue weighted by molar-refractivity contribution is 5.93. The van der Waals surface area contributed by atoms with E-state index in [4.69, 9.17) is 15.3 Å². The topological polar surface area (TPSA) is 195 Å². The monoisotopic (exact) mass is 439 g/mol. The number of carbonyl (C=O) groups is 2. The van der Waals surface area contributed by atoms with Gasteiger partial charge in [-0.3, -0.25) is 14.3 Å². The van der Waals surface area contributed by atoms with Gasteiger partial charge in [0.1, 0.15) is 17.0 Å². The molecular weight excluding hydrogens is 418 g/mol. The fourth-order valence-corrected chi connectivity index (χ4v) is 2.70. The molecule has 3 heterocycles. The average Bonchev–Trinajstić information content (AvgIpc) is 3.43. The van der Waals surface area contributed by atoms with Crippen molar-refractivity contribution in [3.8, 4) is 17.0 Å². The summed E-state index contributed by atoms with van der Waals surface area (Å²) in [5.74, 6) is -2.05. The van der Waals surface area contributed by atoms with Gasteiger partial charge in [-0.05, 0) is 24.3 Å². The second kappa shape index (κ2) is 10.0. The number of aromatic hydroxyl groups is 1. The molecule has 0 aliphatic carbocycles. The van der Waals surface area contributed by atoms with Crippen LogP contribution >= 0.6 is 0 Å². The second-order valence-corrected chi connectivity index (χ2v) is 6.52. The van der Waals surface area contributed by atoms with Crippen LogP contribution in [0.2, 0.25) is 0 Å². The van der Waals surface area contributed by atoms with E-state index in [1.807, 2.05) is 24.3 Å². The number of carbonyl (C=O) groups excluding carboxylic acids is 1. The number of hydrogen-bond donors (Lipinski definition) is 5. The molecule has 0 atom stereocenters. The molecule has 1 amide bonds. The van der Waals surface area contributed by atoms with Gasteiger partial charge in [0.2, 0.25) is 0 Å². The molecule has 0 radical (unpaired) electrons. The Hall–Kier alpha value is -4.45. The summed E-state index contributed by atoms with van der Waals surface area (Å²) in [5, 5.41) is 29.9. The van der Waals surface area contributed by atoms with Crippen molar-refractivity contribution in [3.63, 3.8) is 0 Å².